The van der Waals surface area contributed by atoms with E-state index < -0.39 is 0 Å². The number of hydrogen-bond acceptors (Lipinski definition) is 2. The molecule has 0 fully saturated rings. The minimum Gasteiger partial charge on any atom is -0.327 e. The first-order valence-corrected chi connectivity index (χ1v) is 9.16. The Bertz CT molecular complexity index is 351. The van der Waals surface area contributed by atoms with Crippen molar-refractivity contribution < 1.29 is 0 Å². The van der Waals surface area contributed by atoms with Crippen molar-refractivity contribution >= 4 is 11.8 Å². The van der Waals surface area contributed by atoms with E-state index in [0.717, 1.165) is 5.75 Å². The van der Waals surface area contributed by atoms with Gasteiger partial charge in [0, 0.05) is 16.7 Å². The fourth-order valence-electron chi connectivity index (χ4n) is 2.36. The molecular weight excluding hydrogens is 262 g/mol. The maximum Gasteiger partial charge on any atom is 0.0133 e. The Morgan fingerprint density at radius 2 is 1.75 bits per heavy atom. The van der Waals surface area contributed by atoms with Crippen LogP contribution in [-0.2, 0) is 0 Å². The van der Waals surface area contributed by atoms with Gasteiger partial charge in [0.25, 0.3) is 0 Å². The number of rotatable bonds is 11. The summed E-state index contributed by atoms with van der Waals surface area (Å²) in [4.78, 5) is 1.35. The van der Waals surface area contributed by atoms with Gasteiger partial charge in [0.05, 0.1) is 0 Å². The third-order valence-corrected chi connectivity index (χ3v) is 4.81. The second-order valence-electron chi connectivity index (χ2n) is 5.80. The van der Waals surface area contributed by atoms with Crippen LogP contribution in [0, 0.1) is 6.92 Å². The Kier molecular flexibility index (Phi) is 9.86. The van der Waals surface area contributed by atoms with E-state index in [-0.39, 0.29) is 0 Å². The van der Waals surface area contributed by atoms with Gasteiger partial charge in [-0.15, -0.1) is 11.8 Å². The van der Waals surface area contributed by atoms with Gasteiger partial charge >= 0.3 is 0 Å². The van der Waals surface area contributed by atoms with Crippen molar-refractivity contribution in [1.82, 2.24) is 0 Å². The zero-order valence-electron chi connectivity index (χ0n) is 13.2. The topological polar surface area (TPSA) is 26.0 Å². The van der Waals surface area contributed by atoms with Crippen LogP contribution in [-0.4, -0.2) is 11.8 Å². The number of hydrogen-bond donors (Lipinski definition) is 1. The molecule has 20 heavy (non-hydrogen) atoms. The third kappa shape index (κ3) is 8.65. The molecule has 0 heterocycles. The van der Waals surface area contributed by atoms with Crippen LogP contribution in [0.3, 0.4) is 0 Å². The summed E-state index contributed by atoms with van der Waals surface area (Å²) < 4.78 is 0. The quantitative estimate of drug-likeness (QED) is 0.427. The van der Waals surface area contributed by atoms with Crippen LogP contribution >= 0.6 is 11.8 Å². The Hall–Kier alpha value is -0.470. The summed E-state index contributed by atoms with van der Waals surface area (Å²) >= 11 is 1.89. The zero-order chi connectivity index (χ0) is 14.6. The standard InChI is InChI=1S/C18H31NS/c1-3-4-5-6-7-8-9-12-17(19)15-20-18-13-10-11-16(2)14-18/h10-11,13-14,17H,3-9,12,15,19H2,1-2H3. The summed E-state index contributed by atoms with van der Waals surface area (Å²) in [6.07, 6.45) is 10.7. The number of aryl methyl sites for hydroxylation is 1. The fraction of sp³-hybridized carbons (Fsp3) is 0.667. The number of unbranched alkanes of at least 4 members (excludes halogenated alkanes) is 6. The smallest absolute Gasteiger partial charge is 0.0133 e. The maximum absolute atomic E-state index is 6.20. The highest BCUT2D eigenvalue weighted by Gasteiger charge is 2.04. The van der Waals surface area contributed by atoms with E-state index in [1.165, 1.54) is 61.8 Å². The lowest BCUT2D eigenvalue weighted by Gasteiger charge is -2.11. The summed E-state index contributed by atoms with van der Waals surface area (Å²) in [5.74, 6) is 1.04. The SMILES string of the molecule is CCCCCCCCCC(N)CSc1cccc(C)c1. The van der Waals surface area contributed by atoms with Crippen LogP contribution in [0.15, 0.2) is 29.2 Å². The summed E-state index contributed by atoms with van der Waals surface area (Å²) in [6.45, 7) is 4.41. The maximum atomic E-state index is 6.20. The lowest BCUT2D eigenvalue weighted by Crippen LogP contribution is -2.22. The Morgan fingerprint density at radius 1 is 1.05 bits per heavy atom. The van der Waals surface area contributed by atoms with Crippen LogP contribution < -0.4 is 5.73 Å². The van der Waals surface area contributed by atoms with E-state index in [2.05, 4.69) is 38.1 Å². The molecule has 114 valence electrons. The molecule has 0 aliphatic carbocycles. The van der Waals surface area contributed by atoms with Crippen molar-refractivity contribution in [3.63, 3.8) is 0 Å². The van der Waals surface area contributed by atoms with Gasteiger partial charge in [-0.3, -0.25) is 0 Å². The van der Waals surface area contributed by atoms with E-state index in [4.69, 9.17) is 5.73 Å². The largest absolute Gasteiger partial charge is 0.327 e. The van der Waals surface area contributed by atoms with Gasteiger partial charge in [0.15, 0.2) is 0 Å². The molecule has 0 radical (unpaired) electrons. The predicted octanol–water partition coefficient (Wildman–Crippen LogP) is 5.56. The van der Waals surface area contributed by atoms with Crippen LogP contribution in [0.5, 0.6) is 0 Å². The molecule has 0 aliphatic heterocycles. The van der Waals surface area contributed by atoms with E-state index in [0.29, 0.717) is 6.04 Å². The second-order valence-corrected chi connectivity index (χ2v) is 6.89. The average Bonchev–Trinajstić information content (AvgIpc) is 2.44. The van der Waals surface area contributed by atoms with Gasteiger partial charge in [0.1, 0.15) is 0 Å². The summed E-state index contributed by atoms with van der Waals surface area (Å²) in [5.41, 5.74) is 7.53. The number of benzene rings is 1. The molecule has 1 aromatic rings. The van der Waals surface area contributed by atoms with Crippen molar-refractivity contribution in [2.45, 2.75) is 76.2 Å². The Balaban J connectivity index is 2.01. The van der Waals surface area contributed by atoms with Crippen molar-refractivity contribution in [2.24, 2.45) is 5.73 Å². The van der Waals surface area contributed by atoms with Crippen LogP contribution in [0.4, 0.5) is 0 Å². The van der Waals surface area contributed by atoms with E-state index in [1.807, 2.05) is 11.8 Å². The zero-order valence-corrected chi connectivity index (χ0v) is 14.1. The highest BCUT2D eigenvalue weighted by Crippen LogP contribution is 2.20. The first-order valence-electron chi connectivity index (χ1n) is 8.17. The molecule has 0 amide bonds. The van der Waals surface area contributed by atoms with Crippen molar-refractivity contribution in [1.29, 1.82) is 0 Å². The van der Waals surface area contributed by atoms with Gasteiger partial charge in [-0.25, -0.2) is 0 Å². The van der Waals surface area contributed by atoms with E-state index in [1.54, 1.807) is 0 Å². The molecule has 1 rings (SSSR count). The van der Waals surface area contributed by atoms with Gasteiger partial charge in [-0.1, -0.05) is 69.6 Å². The van der Waals surface area contributed by atoms with Gasteiger partial charge < -0.3 is 5.73 Å². The molecule has 2 heteroatoms. The van der Waals surface area contributed by atoms with Crippen molar-refractivity contribution in [3.05, 3.63) is 29.8 Å². The Morgan fingerprint density at radius 3 is 2.45 bits per heavy atom. The van der Waals surface area contributed by atoms with Crippen molar-refractivity contribution in [2.75, 3.05) is 5.75 Å². The van der Waals surface area contributed by atoms with Crippen molar-refractivity contribution in [3.8, 4) is 0 Å². The highest BCUT2D eigenvalue weighted by molar-refractivity contribution is 7.99. The lowest BCUT2D eigenvalue weighted by atomic mass is 10.1. The molecule has 0 spiro atoms. The minimum absolute atomic E-state index is 0.344. The average molecular weight is 294 g/mol. The van der Waals surface area contributed by atoms with Crippen LogP contribution in [0.2, 0.25) is 0 Å². The Labute approximate surface area is 129 Å². The molecule has 0 bridgehead atoms. The molecule has 0 aliphatic rings. The third-order valence-electron chi connectivity index (χ3n) is 3.63. The monoisotopic (exact) mass is 293 g/mol. The normalized spacial score (nSPS) is 12.6. The minimum atomic E-state index is 0.344. The molecule has 0 saturated carbocycles. The number of thioether (sulfide) groups is 1. The first-order chi connectivity index (χ1) is 9.72. The molecule has 0 aromatic heterocycles. The van der Waals surface area contributed by atoms with Gasteiger partial charge in [0.2, 0.25) is 0 Å². The summed E-state index contributed by atoms with van der Waals surface area (Å²) in [6, 6.07) is 9.03. The summed E-state index contributed by atoms with van der Waals surface area (Å²) in [7, 11) is 0. The van der Waals surface area contributed by atoms with E-state index >= 15 is 0 Å². The second kappa shape index (κ2) is 11.2. The predicted molar refractivity (Wildman–Crippen MR) is 92.5 cm³/mol. The molecular formula is C18H31NS. The molecule has 1 nitrogen and oxygen atoms in total. The molecule has 1 unspecified atom stereocenters. The molecule has 0 saturated heterocycles. The lowest BCUT2D eigenvalue weighted by molar-refractivity contribution is 0.549. The fourth-order valence-corrected chi connectivity index (χ4v) is 3.37. The van der Waals surface area contributed by atoms with E-state index in [9.17, 15) is 0 Å². The molecule has 1 atom stereocenters. The van der Waals surface area contributed by atoms with Crippen LogP contribution in [0.1, 0.15) is 63.9 Å². The van der Waals surface area contributed by atoms with Crippen LogP contribution in [0.25, 0.3) is 0 Å². The summed E-state index contributed by atoms with van der Waals surface area (Å²) in [5, 5.41) is 0. The molecule has 1 aromatic carbocycles. The number of nitrogens with two attached hydrogens (primary N) is 1. The van der Waals surface area contributed by atoms with Gasteiger partial charge in [-0.05, 0) is 25.5 Å². The molecule has 2 N–H and O–H groups in total. The highest BCUT2D eigenvalue weighted by atomic mass is 32.2. The first kappa shape index (κ1) is 17.6. The van der Waals surface area contributed by atoms with Gasteiger partial charge in [-0.2, -0.15) is 0 Å².